The minimum absolute atomic E-state index is 0.523. The number of nitrogens with two attached hydrogens (primary N) is 1. The van der Waals surface area contributed by atoms with Crippen LogP contribution in [0, 0.1) is 0 Å². The zero-order valence-electron chi connectivity index (χ0n) is 9.73. The second-order valence-electron chi connectivity index (χ2n) is 4.47. The molecule has 0 aromatic heterocycles. The number of anilines is 1. The molecule has 1 unspecified atom stereocenters. The van der Waals surface area contributed by atoms with Gasteiger partial charge < -0.3 is 5.73 Å². The van der Waals surface area contributed by atoms with Crippen LogP contribution in [0.2, 0.25) is 0 Å². The standard InChI is InChI=1S/C14H20N2/c1-2-9-16-10-4-3-8-14(16)12-6-5-7-13(15)11-12/h2,5-7,11,14H,1,3-4,8-10,15H2. The van der Waals surface area contributed by atoms with Crippen LogP contribution in [-0.4, -0.2) is 18.0 Å². The molecule has 2 rings (SSSR count). The van der Waals surface area contributed by atoms with Gasteiger partial charge in [-0.05, 0) is 37.1 Å². The van der Waals surface area contributed by atoms with Crippen molar-refractivity contribution in [2.75, 3.05) is 18.8 Å². The third-order valence-electron chi connectivity index (χ3n) is 3.27. The summed E-state index contributed by atoms with van der Waals surface area (Å²) in [5, 5.41) is 0. The minimum Gasteiger partial charge on any atom is -0.399 e. The molecule has 2 N–H and O–H groups in total. The van der Waals surface area contributed by atoms with Crippen LogP contribution in [0.3, 0.4) is 0 Å². The first-order valence-corrected chi connectivity index (χ1v) is 6.01. The van der Waals surface area contributed by atoms with Crippen LogP contribution in [0.1, 0.15) is 30.9 Å². The monoisotopic (exact) mass is 216 g/mol. The molecule has 1 aliphatic rings. The van der Waals surface area contributed by atoms with Crippen molar-refractivity contribution >= 4 is 5.69 Å². The zero-order chi connectivity index (χ0) is 11.4. The predicted molar refractivity (Wildman–Crippen MR) is 69.2 cm³/mol. The molecule has 86 valence electrons. The smallest absolute Gasteiger partial charge is 0.0352 e. The fourth-order valence-electron chi connectivity index (χ4n) is 2.52. The molecule has 16 heavy (non-hydrogen) atoms. The summed E-state index contributed by atoms with van der Waals surface area (Å²) in [4.78, 5) is 2.49. The second-order valence-corrected chi connectivity index (χ2v) is 4.47. The lowest BCUT2D eigenvalue weighted by molar-refractivity contribution is 0.166. The number of likely N-dealkylation sites (tertiary alicyclic amines) is 1. The number of hydrogen-bond acceptors (Lipinski definition) is 2. The average molecular weight is 216 g/mol. The number of rotatable bonds is 3. The fourth-order valence-corrected chi connectivity index (χ4v) is 2.52. The van der Waals surface area contributed by atoms with E-state index in [4.69, 9.17) is 5.73 Å². The molecule has 0 bridgehead atoms. The predicted octanol–water partition coefficient (Wildman–Crippen LogP) is 2.98. The fraction of sp³-hybridized carbons (Fsp3) is 0.429. The molecule has 1 aromatic rings. The van der Waals surface area contributed by atoms with Gasteiger partial charge in [-0.3, -0.25) is 4.90 Å². The van der Waals surface area contributed by atoms with E-state index >= 15 is 0 Å². The van der Waals surface area contributed by atoms with Gasteiger partial charge in [0.2, 0.25) is 0 Å². The van der Waals surface area contributed by atoms with Crippen LogP contribution >= 0.6 is 0 Å². The lowest BCUT2D eigenvalue weighted by Crippen LogP contribution is -2.33. The molecule has 0 amide bonds. The van der Waals surface area contributed by atoms with Gasteiger partial charge in [-0.25, -0.2) is 0 Å². The maximum absolute atomic E-state index is 5.85. The Balaban J connectivity index is 2.19. The molecule has 0 radical (unpaired) electrons. The highest BCUT2D eigenvalue weighted by atomic mass is 15.2. The molecule has 0 spiro atoms. The van der Waals surface area contributed by atoms with E-state index in [0.29, 0.717) is 6.04 Å². The highest BCUT2D eigenvalue weighted by Crippen LogP contribution is 2.31. The van der Waals surface area contributed by atoms with Crippen LogP contribution in [0.25, 0.3) is 0 Å². The van der Waals surface area contributed by atoms with Crippen molar-refractivity contribution in [3.8, 4) is 0 Å². The Kier molecular flexibility index (Phi) is 3.62. The summed E-state index contributed by atoms with van der Waals surface area (Å²) in [5.74, 6) is 0. The number of benzene rings is 1. The Morgan fingerprint density at radius 2 is 2.31 bits per heavy atom. The Morgan fingerprint density at radius 1 is 1.44 bits per heavy atom. The summed E-state index contributed by atoms with van der Waals surface area (Å²) in [6, 6.07) is 8.81. The topological polar surface area (TPSA) is 29.3 Å². The van der Waals surface area contributed by atoms with E-state index in [1.165, 1.54) is 31.4 Å². The average Bonchev–Trinajstić information content (AvgIpc) is 2.30. The van der Waals surface area contributed by atoms with E-state index in [1.54, 1.807) is 0 Å². The summed E-state index contributed by atoms with van der Waals surface area (Å²) in [6.45, 7) is 5.98. The van der Waals surface area contributed by atoms with Crippen LogP contribution in [-0.2, 0) is 0 Å². The van der Waals surface area contributed by atoms with E-state index < -0.39 is 0 Å². The van der Waals surface area contributed by atoms with E-state index in [9.17, 15) is 0 Å². The van der Waals surface area contributed by atoms with Gasteiger partial charge in [0.15, 0.2) is 0 Å². The summed E-state index contributed by atoms with van der Waals surface area (Å²) in [6.07, 6.45) is 5.83. The van der Waals surface area contributed by atoms with Crippen molar-refractivity contribution in [3.63, 3.8) is 0 Å². The maximum atomic E-state index is 5.85. The van der Waals surface area contributed by atoms with E-state index in [2.05, 4.69) is 23.6 Å². The Morgan fingerprint density at radius 3 is 3.06 bits per heavy atom. The van der Waals surface area contributed by atoms with Crippen LogP contribution in [0.15, 0.2) is 36.9 Å². The van der Waals surface area contributed by atoms with E-state index in [-0.39, 0.29) is 0 Å². The zero-order valence-corrected chi connectivity index (χ0v) is 9.73. The van der Waals surface area contributed by atoms with E-state index in [1.807, 2.05) is 18.2 Å². The van der Waals surface area contributed by atoms with Crippen LogP contribution < -0.4 is 5.73 Å². The van der Waals surface area contributed by atoms with Gasteiger partial charge in [0.1, 0.15) is 0 Å². The normalized spacial score (nSPS) is 21.9. The SMILES string of the molecule is C=CCN1CCCCC1c1cccc(N)c1. The molecule has 1 atom stereocenters. The molecule has 0 saturated carbocycles. The number of nitrogen functional groups attached to an aromatic ring is 1. The summed E-state index contributed by atoms with van der Waals surface area (Å²) < 4.78 is 0. The molecule has 1 saturated heterocycles. The van der Waals surface area contributed by atoms with Gasteiger partial charge in [0, 0.05) is 18.3 Å². The molecule has 1 fully saturated rings. The van der Waals surface area contributed by atoms with Crippen molar-refractivity contribution in [1.29, 1.82) is 0 Å². The van der Waals surface area contributed by atoms with E-state index in [0.717, 1.165) is 12.2 Å². The van der Waals surface area contributed by atoms with Gasteiger partial charge in [0.25, 0.3) is 0 Å². The first-order valence-electron chi connectivity index (χ1n) is 6.01. The molecule has 0 aliphatic carbocycles. The van der Waals surface area contributed by atoms with Gasteiger partial charge >= 0.3 is 0 Å². The maximum Gasteiger partial charge on any atom is 0.0352 e. The van der Waals surface area contributed by atoms with Crippen molar-refractivity contribution in [2.45, 2.75) is 25.3 Å². The largest absolute Gasteiger partial charge is 0.399 e. The molecule has 2 heteroatoms. The molecule has 1 aromatic carbocycles. The number of piperidine rings is 1. The second kappa shape index (κ2) is 5.17. The van der Waals surface area contributed by atoms with Gasteiger partial charge in [-0.15, -0.1) is 6.58 Å². The van der Waals surface area contributed by atoms with Crippen molar-refractivity contribution in [3.05, 3.63) is 42.5 Å². The third kappa shape index (κ3) is 2.45. The number of nitrogens with zero attached hydrogens (tertiary/aromatic N) is 1. The summed E-state index contributed by atoms with van der Waals surface area (Å²) in [5.41, 5.74) is 8.06. The van der Waals surface area contributed by atoms with Crippen LogP contribution in [0.5, 0.6) is 0 Å². The molecule has 1 aliphatic heterocycles. The molecule has 2 nitrogen and oxygen atoms in total. The highest BCUT2D eigenvalue weighted by molar-refractivity contribution is 5.41. The van der Waals surface area contributed by atoms with Crippen molar-refractivity contribution in [2.24, 2.45) is 0 Å². The Bertz CT molecular complexity index is 360. The van der Waals surface area contributed by atoms with Gasteiger partial charge in [0.05, 0.1) is 0 Å². The van der Waals surface area contributed by atoms with Crippen molar-refractivity contribution in [1.82, 2.24) is 4.90 Å². The quantitative estimate of drug-likeness (QED) is 0.621. The lowest BCUT2D eigenvalue weighted by Gasteiger charge is -2.35. The minimum atomic E-state index is 0.523. The van der Waals surface area contributed by atoms with Gasteiger partial charge in [-0.1, -0.05) is 24.6 Å². The first-order chi connectivity index (χ1) is 7.81. The molecular weight excluding hydrogens is 196 g/mol. The van der Waals surface area contributed by atoms with Gasteiger partial charge in [-0.2, -0.15) is 0 Å². The highest BCUT2D eigenvalue weighted by Gasteiger charge is 2.22. The first kappa shape index (κ1) is 11.2. The lowest BCUT2D eigenvalue weighted by atomic mass is 9.95. The van der Waals surface area contributed by atoms with Crippen LogP contribution in [0.4, 0.5) is 5.69 Å². The molecule has 1 heterocycles. The summed E-state index contributed by atoms with van der Waals surface area (Å²) in [7, 11) is 0. The molecular formula is C14H20N2. The third-order valence-corrected chi connectivity index (χ3v) is 3.27. The summed E-state index contributed by atoms with van der Waals surface area (Å²) >= 11 is 0. The van der Waals surface area contributed by atoms with Crippen molar-refractivity contribution < 1.29 is 0 Å². The Labute approximate surface area is 97.8 Å². The number of hydrogen-bond donors (Lipinski definition) is 1. The Hall–Kier alpha value is -1.28.